The third-order valence-corrected chi connectivity index (χ3v) is 3.16. The van der Waals surface area contributed by atoms with E-state index in [2.05, 4.69) is 15.9 Å². The minimum Gasteiger partial charge on any atom is -0.396 e. The first kappa shape index (κ1) is 12.6. The maximum absolute atomic E-state index is 13.0. The minimum absolute atomic E-state index is 0.0108. The van der Waals surface area contributed by atoms with Gasteiger partial charge in [0.2, 0.25) is 0 Å². The maximum Gasteiger partial charge on any atom is 0.137 e. The van der Waals surface area contributed by atoms with Crippen molar-refractivity contribution < 1.29 is 9.50 Å². The number of nitrogens with two attached hydrogens (primary N) is 1. The largest absolute Gasteiger partial charge is 0.396 e. The van der Waals surface area contributed by atoms with Gasteiger partial charge in [-0.3, -0.25) is 0 Å². The summed E-state index contributed by atoms with van der Waals surface area (Å²) in [4.78, 5) is 0. The first-order valence-electron chi connectivity index (χ1n) is 4.70. The van der Waals surface area contributed by atoms with Crippen LogP contribution in [0, 0.1) is 11.2 Å². The van der Waals surface area contributed by atoms with Gasteiger partial charge in [0, 0.05) is 18.1 Å². The molecular weight excluding hydrogens is 261 g/mol. The number of halogens is 2. The summed E-state index contributed by atoms with van der Waals surface area (Å²) in [6.45, 7) is 3.73. The quantitative estimate of drug-likeness (QED) is 0.891. The van der Waals surface area contributed by atoms with Crippen LogP contribution < -0.4 is 5.73 Å². The predicted molar refractivity (Wildman–Crippen MR) is 61.9 cm³/mol. The molecule has 0 spiro atoms. The van der Waals surface area contributed by atoms with Crippen LogP contribution in [0.15, 0.2) is 22.7 Å². The van der Waals surface area contributed by atoms with E-state index in [-0.39, 0.29) is 18.5 Å². The van der Waals surface area contributed by atoms with Gasteiger partial charge in [-0.15, -0.1) is 0 Å². The van der Waals surface area contributed by atoms with E-state index < -0.39 is 5.41 Å². The van der Waals surface area contributed by atoms with E-state index in [1.807, 2.05) is 13.8 Å². The Kier molecular flexibility index (Phi) is 3.87. The van der Waals surface area contributed by atoms with Crippen molar-refractivity contribution in [3.8, 4) is 0 Å². The SMILES string of the molecule is CC(C)(CO)[C@H](N)c1ccc(F)c(Br)c1. The van der Waals surface area contributed by atoms with Crippen molar-refractivity contribution in [3.05, 3.63) is 34.1 Å². The fourth-order valence-electron chi connectivity index (χ4n) is 1.26. The third-order valence-electron chi connectivity index (χ3n) is 2.55. The molecule has 84 valence electrons. The molecule has 3 N–H and O–H groups in total. The summed E-state index contributed by atoms with van der Waals surface area (Å²) in [5.74, 6) is -0.312. The number of aliphatic hydroxyl groups excluding tert-OH is 1. The Morgan fingerprint density at radius 1 is 1.53 bits per heavy atom. The van der Waals surface area contributed by atoms with Crippen molar-refractivity contribution in [1.82, 2.24) is 0 Å². The number of aliphatic hydroxyl groups is 1. The van der Waals surface area contributed by atoms with Gasteiger partial charge in [-0.25, -0.2) is 4.39 Å². The molecule has 2 nitrogen and oxygen atoms in total. The summed E-state index contributed by atoms with van der Waals surface area (Å²) >= 11 is 3.11. The van der Waals surface area contributed by atoms with Crippen LogP contribution in [-0.4, -0.2) is 11.7 Å². The van der Waals surface area contributed by atoms with E-state index in [1.54, 1.807) is 12.1 Å². The van der Waals surface area contributed by atoms with Crippen LogP contribution in [0.4, 0.5) is 4.39 Å². The summed E-state index contributed by atoms with van der Waals surface area (Å²) in [6, 6.07) is 4.34. The molecule has 0 unspecified atom stereocenters. The Morgan fingerprint density at radius 2 is 2.13 bits per heavy atom. The molecule has 15 heavy (non-hydrogen) atoms. The second kappa shape index (κ2) is 4.60. The smallest absolute Gasteiger partial charge is 0.137 e. The Balaban J connectivity index is 3.02. The molecule has 0 bridgehead atoms. The van der Waals surface area contributed by atoms with Crippen LogP contribution in [0.3, 0.4) is 0 Å². The standard InChI is InChI=1S/C11H15BrFNO/c1-11(2,6-15)10(14)7-3-4-9(13)8(12)5-7/h3-5,10,15H,6,14H2,1-2H3/t10-/m1/s1. The van der Waals surface area contributed by atoms with Gasteiger partial charge in [0.05, 0.1) is 4.47 Å². The van der Waals surface area contributed by atoms with Crippen molar-refractivity contribution in [1.29, 1.82) is 0 Å². The Bertz CT molecular complexity index is 354. The molecule has 0 aliphatic rings. The monoisotopic (exact) mass is 275 g/mol. The Hall–Kier alpha value is -0.450. The lowest BCUT2D eigenvalue weighted by molar-refractivity contribution is 0.132. The highest BCUT2D eigenvalue weighted by atomic mass is 79.9. The zero-order valence-corrected chi connectivity index (χ0v) is 10.4. The highest BCUT2D eigenvalue weighted by Gasteiger charge is 2.27. The fraction of sp³-hybridized carbons (Fsp3) is 0.455. The summed E-state index contributed by atoms with van der Waals surface area (Å²) < 4.78 is 13.4. The third kappa shape index (κ3) is 2.77. The molecule has 0 aliphatic carbocycles. The molecule has 0 saturated heterocycles. The van der Waals surface area contributed by atoms with E-state index in [4.69, 9.17) is 5.73 Å². The molecule has 1 atom stereocenters. The Labute approximate surface area is 97.4 Å². The lowest BCUT2D eigenvalue weighted by Gasteiger charge is -2.29. The van der Waals surface area contributed by atoms with Gasteiger partial charge in [0.1, 0.15) is 5.82 Å². The molecular formula is C11H15BrFNO. The van der Waals surface area contributed by atoms with E-state index in [0.29, 0.717) is 4.47 Å². The minimum atomic E-state index is -0.419. The van der Waals surface area contributed by atoms with Gasteiger partial charge in [0.25, 0.3) is 0 Å². The highest BCUT2D eigenvalue weighted by molar-refractivity contribution is 9.10. The van der Waals surface area contributed by atoms with E-state index in [1.165, 1.54) is 6.07 Å². The normalized spacial score (nSPS) is 14.0. The molecule has 1 aromatic rings. The van der Waals surface area contributed by atoms with Gasteiger partial charge >= 0.3 is 0 Å². The van der Waals surface area contributed by atoms with Crippen LogP contribution >= 0.6 is 15.9 Å². The number of hydrogen-bond donors (Lipinski definition) is 2. The molecule has 0 fully saturated rings. The van der Waals surface area contributed by atoms with Crippen molar-refractivity contribution in [2.24, 2.45) is 11.1 Å². The summed E-state index contributed by atoms with van der Waals surface area (Å²) in [6.07, 6.45) is 0. The predicted octanol–water partition coefficient (Wildman–Crippen LogP) is 2.61. The average Bonchev–Trinajstić information content (AvgIpc) is 2.21. The van der Waals surface area contributed by atoms with Gasteiger partial charge in [-0.05, 0) is 33.6 Å². The molecule has 0 amide bonds. The van der Waals surface area contributed by atoms with Gasteiger partial charge in [-0.2, -0.15) is 0 Å². The van der Waals surface area contributed by atoms with Gasteiger partial charge in [0.15, 0.2) is 0 Å². The molecule has 1 aromatic carbocycles. The number of benzene rings is 1. The molecule has 0 saturated carbocycles. The zero-order chi connectivity index (χ0) is 11.6. The fourth-order valence-corrected chi connectivity index (χ4v) is 1.65. The first-order chi connectivity index (χ1) is 6.88. The number of rotatable bonds is 3. The van der Waals surface area contributed by atoms with Crippen LogP contribution in [0.1, 0.15) is 25.5 Å². The van der Waals surface area contributed by atoms with E-state index in [9.17, 15) is 9.50 Å². The topological polar surface area (TPSA) is 46.2 Å². The highest BCUT2D eigenvalue weighted by Crippen LogP contribution is 2.32. The van der Waals surface area contributed by atoms with E-state index in [0.717, 1.165) is 5.56 Å². The zero-order valence-electron chi connectivity index (χ0n) is 8.80. The van der Waals surface area contributed by atoms with Crippen molar-refractivity contribution in [2.75, 3.05) is 6.61 Å². The summed E-state index contributed by atoms with van der Waals surface area (Å²) in [7, 11) is 0. The molecule has 4 heteroatoms. The van der Waals surface area contributed by atoms with Gasteiger partial charge < -0.3 is 10.8 Å². The second-order valence-corrected chi connectivity index (χ2v) is 5.15. The number of hydrogen-bond acceptors (Lipinski definition) is 2. The van der Waals surface area contributed by atoms with Crippen molar-refractivity contribution >= 4 is 15.9 Å². The summed E-state index contributed by atoms with van der Waals surface area (Å²) in [5, 5.41) is 9.18. The van der Waals surface area contributed by atoms with E-state index >= 15 is 0 Å². The van der Waals surface area contributed by atoms with Crippen molar-refractivity contribution in [2.45, 2.75) is 19.9 Å². The van der Waals surface area contributed by atoms with Crippen LogP contribution in [0.2, 0.25) is 0 Å². The Morgan fingerprint density at radius 3 is 2.60 bits per heavy atom. The maximum atomic E-state index is 13.0. The van der Waals surface area contributed by atoms with Crippen molar-refractivity contribution in [3.63, 3.8) is 0 Å². The lowest BCUT2D eigenvalue weighted by atomic mass is 9.82. The molecule has 0 radical (unpaired) electrons. The van der Waals surface area contributed by atoms with Crippen LogP contribution in [0.5, 0.6) is 0 Å². The first-order valence-corrected chi connectivity index (χ1v) is 5.49. The molecule has 0 heterocycles. The van der Waals surface area contributed by atoms with Crippen LogP contribution in [-0.2, 0) is 0 Å². The molecule has 1 rings (SSSR count). The molecule has 0 aliphatic heterocycles. The van der Waals surface area contributed by atoms with Gasteiger partial charge in [-0.1, -0.05) is 19.9 Å². The average molecular weight is 276 g/mol. The summed E-state index contributed by atoms with van der Waals surface area (Å²) in [5.41, 5.74) is 6.39. The van der Waals surface area contributed by atoms with Crippen LogP contribution in [0.25, 0.3) is 0 Å². The lowest BCUT2D eigenvalue weighted by Crippen LogP contribution is -2.32. The molecule has 0 aromatic heterocycles. The second-order valence-electron chi connectivity index (χ2n) is 4.30.